The van der Waals surface area contributed by atoms with Crippen molar-refractivity contribution in [1.29, 1.82) is 0 Å². The Balaban J connectivity index is 1.89. The number of hydrogen-bond donors (Lipinski definition) is 2. The lowest BCUT2D eigenvalue weighted by Crippen LogP contribution is -2.46. The Bertz CT molecular complexity index is 829. The Morgan fingerprint density at radius 2 is 2.08 bits per heavy atom. The Morgan fingerprint density at radius 3 is 2.76 bits per heavy atom. The van der Waals surface area contributed by atoms with Gasteiger partial charge in [0.1, 0.15) is 5.82 Å². The maximum atomic E-state index is 13.2. The molecule has 0 saturated carbocycles. The van der Waals surface area contributed by atoms with Gasteiger partial charge in [-0.05, 0) is 40.2 Å². The quantitative estimate of drug-likeness (QED) is 0.689. The molecule has 0 amide bonds. The predicted molar refractivity (Wildman–Crippen MR) is 89.0 cm³/mol. The smallest absolute Gasteiger partial charge is 0.324 e. The van der Waals surface area contributed by atoms with Crippen LogP contribution in [0.15, 0.2) is 41.1 Å². The highest BCUT2D eigenvalue weighted by atomic mass is 79.9. The Morgan fingerprint density at radius 1 is 1.32 bits per heavy atom. The standard InChI is InChI=1S/C14H9BrClF4N5/c15-8-6-21-13(23-7-1-2-10(17)9(16)5-7)24-12(8)25-11(3-4-22-25)14(18,19)20/h1-6,11,22H,(H,21,23,24). The summed E-state index contributed by atoms with van der Waals surface area (Å²) in [5.74, 6) is -0.585. The summed E-state index contributed by atoms with van der Waals surface area (Å²) in [4.78, 5) is 8.07. The SMILES string of the molecule is Fc1ccc(Nc2ncc(Br)c(N3NC=CC3C(F)(F)F)n2)cc1Cl. The lowest BCUT2D eigenvalue weighted by atomic mass is 10.3. The molecule has 132 valence electrons. The molecule has 5 nitrogen and oxygen atoms in total. The van der Waals surface area contributed by atoms with Crippen LogP contribution < -0.4 is 15.8 Å². The van der Waals surface area contributed by atoms with Crippen LogP contribution in [0.3, 0.4) is 0 Å². The van der Waals surface area contributed by atoms with Gasteiger partial charge in [0.15, 0.2) is 11.9 Å². The van der Waals surface area contributed by atoms with Crippen LogP contribution >= 0.6 is 27.5 Å². The molecule has 1 aromatic heterocycles. The van der Waals surface area contributed by atoms with Crippen molar-refractivity contribution < 1.29 is 17.6 Å². The average molecular weight is 439 g/mol. The largest absolute Gasteiger partial charge is 0.414 e. The molecule has 0 bridgehead atoms. The molecule has 1 aliphatic heterocycles. The Hall–Kier alpha value is -2.07. The van der Waals surface area contributed by atoms with Gasteiger partial charge >= 0.3 is 6.18 Å². The molecule has 0 saturated heterocycles. The van der Waals surface area contributed by atoms with E-state index in [1.54, 1.807) is 0 Å². The molecule has 1 aliphatic rings. The second kappa shape index (κ2) is 6.68. The molecule has 2 N–H and O–H groups in total. The number of hydrogen-bond acceptors (Lipinski definition) is 5. The first kappa shape index (κ1) is 17.7. The van der Waals surface area contributed by atoms with E-state index >= 15 is 0 Å². The van der Waals surface area contributed by atoms with Crippen molar-refractivity contribution in [2.24, 2.45) is 0 Å². The number of alkyl halides is 3. The molecule has 2 aromatic rings. The van der Waals surface area contributed by atoms with Crippen molar-refractivity contribution in [2.45, 2.75) is 12.2 Å². The fraction of sp³-hybridized carbons (Fsp3) is 0.143. The molecule has 11 heteroatoms. The van der Waals surface area contributed by atoms with E-state index in [2.05, 4.69) is 36.6 Å². The van der Waals surface area contributed by atoms with Crippen LogP contribution in [0, 0.1) is 5.82 Å². The fourth-order valence-electron chi connectivity index (χ4n) is 2.12. The number of nitrogens with one attached hydrogen (secondary N) is 2. The van der Waals surface area contributed by atoms with Crippen molar-refractivity contribution in [1.82, 2.24) is 15.4 Å². The molecule has 1 unspecified atom stereocenters. The van der Waals surface area contributed by atoms with Gasteiger partial charge in [0.2, 0.25) is 5.95 Å². The zero-order chi connectivity index (χ0) is 18.2. The third kappa shape index (κ3) is 3.79. The van der Waals surface area contributed by atoms with Crippen LogP contribution in [-0.4, -0.2) is 22.2 Å². The lowest BCUT2D eigenvalue weighted by Gasteiger charge is -2.27. The van der Waals surface area contributed by atoms with Gasteiger partial charge in [0.25, 0.3) is 0 Å². The van der Waals surface area contributed by atoms with Gasteiger partial charge in [0, 0.05) is 18.1 Å². The molecule has 1 aromatic carbocycles. The second-order valence-corrected chi connectivity index (χ2v) is 6.23. The van der Waals surface area contributed by atoms with Gasteiger partial charge < -0.3 is 10.7 Å². The fourth-order valence-corrected chi connectivity index (χ4v) is 2.68. The highest BCUT2D eigenvalue weighted by Gasteiger charge is 2.45. The van der Waals surface area contributed by atoms with Crippen molar-refractivity contribution in [3.05, 3.63) is 52.0 Å². The average Bonchev–Trinajstić information content (AvgIpc) is 3.02. The Labute approximate surface area is 152 Å². The number of rotatable bonds is 3. The van der Waals surface area contributed by atoms with Crippen LogP contribution in [0.25, 0.3) is 0 Å². The molecule has 0 aliphatic carbocycles. The third-order valence-corrected chi connectivity index (χ3v) is 4.08. The van der Waals surface area contributed by atoms with E-state index < -0.39 is 18.0 Å². The van der Waals surface area contributed by atoms with Crippen LogP contribution in [0.5, 0.6) is 0 Å². The first-order chi connectivity index (χ1) is 11.8. The van der Waals surface area contributed by atoms with Crippen molar-refractivity contribution in [2.75, 3.05) is 10.3 Å². The molecule has 25 heavy (non-hydrogen) atoms. The summed E-state index contributed by atoms with van der Waals surface area (Å²) in [6, 6.07) is 2.00. The van der Waals surface area contributed by atoms with Gasteiger partial charge in [-0.15, -0.1) is 0 Å². The normalized spacial score (nSPS) is 16.9. The predicted octanol–water partition coefficient (Wildman–Crippen LogP) is 4.54. The minimum atomic E-state index is -4.48. The molecule has 1 atom stereocenters. The molecule has 0 fully saturated rings. The van der Waals surface area contributed by atoms with E-state index in [0.717, 1.165) is 17.2 Å². The van der Waals surface area contributed by atoms with Gasteiger partial charge in [-0.25, -0.2) is 9.37 Å². The lowest BCUT2D eigenvalue weighted by molar-refractivity contribution is -0.137. The van der Waals surface area contributed by atoms with E-state index in [9.17, 15) is 17.6 Å². The summed E-state index contributed by atoms with van der Waals surface area (Å²) in [6.07, 6.45) is -1.02. The minimum absolute atomic E-state index is 0.0157. The van der Waals surface area contributed by atoms with E-state index in [0.29, 0.717) is 5.69 Å². The van der Waals surface area contributed by atoms with E-state index in [-0.39, 0.29) is 21.3 Å². The number of benzene rings is 1. The summed E-state index contributed by atoms with van der Waals surface area (Å²) in [5.41, 5.74) is 2.88. The Kier molecular flexibility index (Phi) is 4.74. The topological polar surface area (TPSA) is 53.1 Å². The van der Waals surface area contributed by atoms with Gasteiger partial charge in [-0.2, -0.15) is 18.2 Å². The van der Waals surface area contributed by atoms with E-state index in [1.165, 1.54) is 24.5 Å². The van der Waals surface area contributed by atoms with Gasteiger partial charge in [0.05, 0.1) is 9.50 Å². The summed E-state index contributed by atoms with van der Waals surface area (Å²) in [6.45, 7) is 0. The van der Waals surface area contributed by atoms with Crippen LogP contribution in [0.1, 0.15) is 0 Å². The first-order valence-electron chi connectivity index (χ1n) is 6.79. The molecular weight excluding hydrogens is 430 g/mol. The molecule has 0 spiro atoms. The zero-order valence-electron chi connectivity index (χ0n) is 12.2. The van der Waals surface area contributed by atoms with Crippen molar-refractivity contribution >= 4 is 45.0 Å². The summed E-state index contributed by atoms with van der Waals surface area (Å²) in [5, 5.41) is 3.52. The number of aromatic nitrogens is 2. The van der Waals surface area contributed by atoms with Crippen LogP contribution in [-0.2, 0) is 0 Å². The highest BCUT2D eigenvalue weighted by molar-refractivity contribution is 9.10. The molecular formula is C14H9BrClF4N5. The number of hydrazine groups is 1. The molecule has 0 radical (unpaired) electrons. The van der Waals surface area contributed by atoms with E-state index in [4.69, 9.17) is 11.6 Å². The van der Waals surface area contributed by atoms with Crippen molar-refractivity contribution in [3.63, 3.8) is 0 Å². The summed E-state index contributed by atoms with van der Waals surface area (Å²) >= 11 is 8.84. The van der Waals surface area contributed by atoms with Crippen LogP contribution in [0.2, 0.25) is 5.02 Å². The molecule has 3 rings (SSSR count). The first-order valence-corrected chi connectivity index (χ1v) is 7.96. The zero-order valence-corrected chi connectivity index (χ0v) is 14.5. The maximum absolute atomic E-state index is 13.2. The van der Waals surface area contributed by atoms with Gasteiger partial charge in [-0.3, -0.25) is 5.01 Å². The van der Waals surface area contributed by atoms with E-state index in [1.807, 2.05) is 0 Å². The summed E-state index contributed by atoms with van der Waals surface area (Å²) < 4.78 is 52.8. The number of halogens is 6. The van der Waals surface area contributed by atoms with Crippen LogP contribution in [0.4, 0.5) is 35.0 Å². The third-order valence-electron chi connectivity index (χ3n) is 3.24. The van der Waals surface area contributed by atoms with Gasteiger partial charge in [-0.1, -0.05) is 11.6 Å². The summed E-state index contributed by atoms with van der Waals surface area (Å²) in [7, 11) is 0. The number of anilines is 3. The van der Waals surface area contributed by atoms with Crippen molar-refractivity contribution in [3.8, 4) is 0 Å². The highest BCUT2D eigenvalue weighted by Crippen LogP contribution is 2.34. The minimum Gasteiger partial charge on any atom is -0.324 e. The monoisotopic (exact) mass is 437 g/mol. The second-order valence-electron chi connectivity index (χ2n) is 4.96. The molecule has 2 heterocycles. The maximum Gasteiger partial charge on any atom is 0.414 e. The number of nitrogens with zero attached hydrogens (tertiary/aromatic N) is 3.